The van der Waals surface area contributed by atoms with E-state index in [0.717, 1.165) is 11.1 Å². The maximum absolute atomic E-state index is 10.0. The van der Waals surface area contributed by atoms with E-state index in [9.17, 15) is 5.11 Å². The Morgan fingerprint density at radius 1 is 1.24 bits per heavy atom. The molecule has 0 fully saturated rings. The van der Waals surface area contributed by atoms with Crippen molar-refractivity contribution in [3.8, 4) is 0 Å². The highest BCUT2D eigenvalue weighted by Crippen LogP contribution is 2.27. The minimum absolute atomic E-state index is 0.0919. The van der Waals surface area contributed by atoms with Crippen LogP contribution in [0.2, 0.25) is 0 Å². The summed E-state index contributed by atoms with van der Waals surface area (Å²) in [5, 5.41) is 18.7. The van der Waals surface area contributed by atoms with E-state index in [1.807, 2.05) is 42.5 Å². The SMILES string of the molecule is OCCOC1(O)C=CC(c2ccccc2)=CC1. The topological polar surface area (TPSA) is 49.7 Å². The van der Waals surface area contributed by atoms with Crippen LogP contribution in [0.25, 0.3) is 5.57 Å². The van der Waals surface area contributed by atoms with Crippen LogP contribution in [0, 0.1) is 0 Å². The highest BCUT2D eigenvalue weighted by atomic mass is 16.6. The Kier molecular flexibility index (Phi) is 3.74. The molecule has 0 spiro atoms. The zero-order valence-electron chi connectivity index (χ0n) is 9.54. The third-order valence-corrected chi connectivity index (χ3v) is 2.69. The molecule has 0 radical (unpaired) electrons. The lowest BCUT2D eigenvalue weighted by Gasteiger charge is -2.26. The fraction of sp³-hybridized carbons (Fsp3) is 0.286. The van der Waals surface area contributed by atoms with Crippen molar-refractivity contribution in [2.45, 2.75) is 12.2 Å². The van der Waals surface area contributed by atoms with Crippen LogP contribution in [0.15, 0.2) is 48.6 Å². The van der Waals surface area contributed by atoms with Crippen molar-refractivity contribution in [3.63, 3.8) is 0 Å². The summed E-state index contributed by atoms with van der Waals surface area (Å²) in [6.45, 7) is 0.0424. The molecule has 3 nitrogen and oxygen atoms in total. The van der Waals surface area contributed by atoms with Crippen LogP contribution in [0.1, 0.15) is 12.0 Å². The van der Waals surface area contributed by atoms with E-state index < -0.39 is 5.79 Å². The van der Waals surface area contributed by atoms with Crippen LogP contribution < -0.4 is 0 Å². The molecule has 1 atom stereocenters. The molecule has 17 heavy (non-hydrogen) atoms. The summed E-state index contributed by atoms with van der Waals surface area (Å²) in [6.07, 6.45) is 5.81. The number of rotatable bonds is 4. The highest BCUT2D eigenvalue weighted by Gasteiger charge is 2.25. The maximum Gasteiger partial charge on any atom is 0.189 e. The Morgan fingerprint density at radius 3 is 2.59 bits per heavy atom. The summed E-state index contributed by atoms with van der Waals surface area (Å²) in [4.78, 5) is 0. The van der Waals surface area contributed by atoms with Crippen LogP contribution in [-0.4, -0.2) is 29.2 Å². The molecular weight excluding hydrogens is 216 g/mol. The van der Waals surface area contributed by atoms with E-state index in [0.29, 0.717) is 6.42 Å². The largest absolute Gasteiger partial charge is 0.394 e. The smallest absolute Gasteiger partial charge is 0.189 e. The van der Waals surface area contributed by atoms with E-state index in [4.69, 9.17) is 9.84 Å². The third-order valence-electron chi connectivity index (χ3n) is 2.69. The summed E-state index contributed by atoms with van der Waals surface area (Å²) >= 11 is 0. The second-order valence-corrected chi connectivity index (χ2v) is 3.98. The van der Waals surface area contributed by atoms with E-state index in [2.05, 4.69) is 0 Å². The van der Waals surface area contributed by atoms with Gasteiger partial charge in [-0.1, -0.05) is 42.5 Å². The van der Waals surface area contributed by atoms with Crippen LogP contribution in [0.4, 0.5) is 0 Å². The van der Waals surface area contributed by atoms with Crippen molar-refractivity contribution in [2.75, 3.05) is 13.2 Å². The van der Waals surface area contributed by atoms with E-state index in [1.165, 1.54) is 0 Å². The van der Waals surface area contributed by atoms with Gasteiger partial charge in [-0.3, -0.25) is 0 Å². The molecule has 1 aliphatic carbocycles. The second-order valence-electron chi connectivity index (χ2n) is 3.98. The first-order valence-corrected chi connectivity index (χ1v) is 5.65. The third kappa shape index (κ3) is 3.03. The van der Waals surface area contributed by atoms with E-state index >= 15 is 0 Å². The van der Waals surface area contributed by atoms with Crippen LogP contribution in [-0.2, 0) is 4.74 Å². The summed E-state index contributed by atoms with van der Waals surface area (Å²) in [5.41, 5.74) is 2.19. The Bertz CT molecular complexity index is 422. The first-order chi connectivity index (χ1) is 8.23. The predicted octanol–water partition coefficient (Wildman–Crippen LogP) is 1.73. The summed E-state index contributed by atoms with van der Waals surface area (Å²) in [6, 6.07) is 9.97. The Morgan fingerprint density at radius 2 is 2.00 bits per heavy atom. The summed E-state index contributed by atoms with van der Waals surface area (Å²) in [5.74, 6) is -1.28. The lowest BCUT2D eigenvalue weighted by molar-refractivity contribution is -0.169. The lowest BCUT2D eigenvalue weighted by Crippen LogP contribution is -2.31. The standard InChI is InChI=1S/C14H16O3/c15-10-11-17-14(16)8-6-13(7-9-14)12-4-2-1-3-5-12/h1-8,15-16H,9-11H2. The Labute approximate surface area is 101 Å². The van der Waals surface area contributed by atoms with Gasteiger partial charge in [-0.05, 0) is 17.2 Å². The number of ether oxygens (including phenoxy) is 1. The molecule has 0 aliphatic heterocycles. The second kappa shape index (κ2) is 5.27. The molecule has 3 heteroatoms. The van der Waals surface area contributed by atoms with Crippen molar-refractivity contribution in [1.82, 2.24) is 0 Å². The quantitative estimate of drug-likeness (QED) is 0.777. The normalized spacial score (nSPS) is 23.5. The van der Waals surface area contributed by atoms with Gasteiger partial charge in [0.2, 0.25) is 0 Å². The van der Waals surface area contributed by atoms with Gasteiger partial charge in [0.25, 0.3) is 0 Å². The first kappa shape index (κ1) is 12.0. The predicted molar refractivity (Wildman–Crippen MR) is 66.2 cm³/mol. The van der Waals surface area contributed by atoms with Crippen molar-refractivity contribution in [3.05, 3.63) is 54.1 Å². The zero-order chi connectivity index (χ0) is 12.1. The van der Waals surface area contributed by atoms with Gasteiger partial charge in [0.05, 0.1) is 13.2 Å². The molecule has 0 aromatic heterocycles. The zero-order valence-corrected chi connectivity index (χ0v) is 9.54. The average molecular weight is 232 g/mol. The molecule has 0 amide bonds. The number of hydrogen-bond donors (Lipinski definition) is 2. The van der Waals surface area contributed by atoms with Gasteiger partial charge in [-0.15, -0.1) is 0 Å². The van der Waals surface area contributed by atoms with Gasteiger partial charge < -0.3 is 14.9 Å². The van der Waals surface area contributed by atoms with Crippen molar-refractivity contribution in [2.24, 2.45) is 0 Å². The molecule has 1 aromatic carbocycles. The average Bonchev–Trinajstić information content (AvgIpc) is 2.38. The number of hydrogen-bond acceptors (Lipinski definition) is 3. The first-order valence-electron chi connectivity index (χ1n) is 5.65. The highest BCUT2D eigenvalue weighted by molar-refractivity contribution is 5.75. The van der Waals surface area contributed by atoms with Crippen molar-refractivity contribution in [1.29, 1.82) is 0 Å². The van der Waals surface area contributed by atoms with Gasteiger partial charge in [0, 0.05) is 6.42 Å². The number of allylic oxidation sites excluding steroid dienone is 2. The number of benzene rings is 1. The van der Waals surface area contributed by atoms with Crippen LogP contribution in [0.3, 0.4) is 0 Å². The van der Waals surface area contributed by atoms with Gasteiger partial charge in [-0.2, -0.15) is 0 Å². The van der Waals surface area contributed by atoms with Crippen LogP contribution >= 0.6 is 0 Å². The molecule has 2 rings (SSSR count). The minimum Gasteiger partial charge on any atom is -0.394 e. The molecular formula is C14H16O3. The van der Waals surface area contributed by atoms with E-state index in [-0.39, 0.29) is 13.2 Å². The number of aliphatic hydroxyl groups excluding tert-OH is 1. The molecule has 0 bridgehead atoms. The Hall–Kier alpha value is -1.42. The van der Waals surface area contributed by atoms with Crippen molar-refractivity contribution >= 4 is 5.57 Å². The van der Waals surface area contributed by atoms with Gasteiger partial charge in [0.1, 0.15) is 0 Å². The monoisotopic (exact) mass is 232 g/mol. The minimum atomic E-state index is -1.28. The lowest BCUT2D eigenvalue weighted by atomic mass is 9.96. The summed E-state index contributed by atoms with van der Waals surface area (Å²) < 4.78 is 5.18. The van der Waals surface area contributed by atoms with E-state index in [1.54, 1.807) is 6.08 Å². The van der Waals surface area contributed by atoms with Crippen LogP contribution in [0.5, 0.6) is 0 Å². The molecule has 0 saturated carbocycles. The molecule has 2 N–H and O–H groups in total. The fourth-order valence-electron chi connectivity index (χ4n) is 1.79. The number of aliphatic hydroxyl groups is 2. The fourth-order valence-corrected chi connectivity index (χ4v) is 1.79. The molecule has 0 saturated heterocycles. The van der Waals surface area contributed by atoms with Gasteiger partial charge in [0.15, 0.2) is 5.79 Å². The molecule has 0 heterocycles. The van der Waals surface area contributed by atoms with Gasteiger partial charge >= 0.3 is 0 Å². The molecule has 1 aromatic rings. The van der Waals surface area contributed by atoms with Gasteiger partial charge in [-0.25, -0.2) is 0 Å². The van der Waals surface area contributed by atoms with Crippen molar-refractivity contribution < 1.29 is 14.9 Å². The molecule has 1 aliphatic rings. The summed E-state index contributed by atoms with van der Waals surface area (Å²) in [7, 11) is 0. The molecule has 90 valence electrons. The molecule has 1 unspecified atom stereocenters. The Balaban J connectivity index is 2.06. The maximum atomic E-state index is 10.0.